The van der Waals surface area contributed by atoms with E-state index in [0.29, 0.717) is 18.7 Å². The van der Waals surface area contributed by atoms with Gasteiger partial charge in [0.2, 0.25) is 11.8 Å². The minimum Gasteiger partial charge on any atom is -0.445 e. The van der Waals surface area contributed by atoms with E-state index in [0.717, 1.165) is 37.7 Å². The van der Waals surface area contributed by atoms with Crippen molar-refractivity contribution in [3.63, 3.8) is 0 Å². The van der Waals surface area contributed by atoms with Crippen LogP contribution in [0.4, 0.5) is 4.79 Å². The number of carbonyl (C=O) groups is 3. The van der Waals surface area contributed by atoms with Crippen molar-refractivity contribution in [3.05, 3.63) is 54.1 Å². The Hall–Kier alpha value is -3.36. The summed E-state index contributed by atoms with van der Waals surface area (Å²) in [5.74, 6) is -0.378. The van der Waals surface area contributed by atoms with Gasteiger partial charge in [-0.25, -0.2) is 9.78 Å². The molecule has 3 amide bonds. The molecule has 0 unspecified atom stereocenters. The maximum absolute atomic E-state index is 13.5. The number of carbonyl (C=O) groups excluding carboxylic acids is 3. The maximum Gasteiger partial charge on any atom is 0.408 e. The summed E-state index contributed by atoms with van der Waals surface area (Å²) in [4.78, 5) is 47.7. The molecule has 1 saturated heterocycles. The highest BCUT2D eigenvalue weighted by Crippen LogP contribution is 2.22. The molecule has 0 bridgehead atoms. The second-order valence-corrected chi connectivity index (χ2v) is 9.07. The van der Waals surface area contributed by atoms with Crippen LogP contribution in [0.25, 0.3) is 0 Å². The Kier molecular flexibility index (Phi) is 8.17. The van der Waals surface area contributed by atoms with E-state index in [1.54, 1.807) is 11.1 Å². The van der Waals surface area contributed by atoms with Crippen LogP contribution in [0.5, 0.6) is 0 Å². The summed E-state index contributed by atoms with van der Waals surface area (Å²) >= 11 is 0. The van der Waals surface area contributed by atoms with E-state index in [1.807, 2.05) is 30.3 Å². The Balaban J connectivity index is 1.40. The highest BCUT2D eigenvalue weighted by atomic mass is 16.5. The molecule has 1 aromatic heterocycles. The Labute approximate surface area is 199 Å². The lowest BCUT2D eigenvalue weighted by molar-refractivity contribution is -0.140. The number of imidazole rings is 1. The van der Waals surface area contributed by atoms with Crippen LogP contribution in [-0.2, 0) is 27.4 Å². The summed E-state index contributed by atoms with van der Waals surface area (Å²) in [6.07, 6.45) is 9.52. The Bertz CT molecular complexity index is 943. The first-order chi connectivity index (χ1) is 16.6. The number of nitrogens with one attached hydrogen (secondary N) is 3. The average molecular weight is 468 g/mol. The number of benzene rings is 1. The van der Waals surface area contributed by atoms with Gasteiger partial charge in [0.05, 0.1) is 6.33 Å². The molecule has 9 heteroatoms. The molecule has 1 saturated carbocycles. The minimum atomic E-state index is -0.869. The largest absolute Gasteiger partial charge is 0.445 e. The molecule has 2 fully saturated rings. The molecule has 2 heterocycles. The molecule has 1 aliphatic heterocycles. The van der Waals surface area contributed by atoms with Crippen LogP contribution >= 0.6 is 0 Å². The van der Waals surface area contributed by atoms with Gasteiger partial charge in [-0.3, -0.25) is 9.59 Å². The van der Waals surface area contributed by atoms with E-state index < -0.39 is 18.2 Å². The average Bonchev–Trinajstić information content (AvgIpc) is 3.56. The number of amides is 3. The van der Waals surface area contributed by atoms with Crippen LogP contribution in [0.1, 0.15) is 56.2 Å². The molecule has 0 spiro atoms. The number of hydrogen-bond acceptors (Lipinski definition) is 5. The molecule has 3 N–H and O–H groups in total. The standard InChI is InChI=1S/C25H33N5O4/c31-23(28-19-10-5-2-6-11-19)22-12-7-13-30(22)24(32)21(14-20-15-26-17-27-20)29-25(33)34-16-18-8-3-1-4-9-18/h1,3-4,8-9,15,17,19,21-22H,2,5-7,10-14,16H2,(H,26,27)(H,28,31)(H,29,33)/t21-,22-/m0/s1. The molecule has 34 heavy (non-hydrogen) atoms. The number of H-pyrrole nitrogens is 1. The van der Waals surface area contributed by atoms with Gasteiger partial charge in [-0.1, -0.05) is 49.6 Å². The molecule has 4 rings (SSSR count). The van der Waals surface area contributed by atoms with Crippen LogP contribution in [0.2, 0.25) is 0 Å². The van der Waals surface area contributed by atoms with E-state index >= 15 is 0 Å². The molecule has 2 atom stereocenters. The smallest absolute Gasteiger partial charge is 0.408 e. The maximum atomic E-state index is 13.5. The normalized spacial score (nSPS) is 19.4. The van der Waals surface area contributed by atoms with Crippen molar-refractivity contribution in [2.45, 2.75) is 76.1 Å². The number of rotatable bonds is 8. The summed E-state index contributed by atoms with van der Waals surface area (Å²) < 4.78 is 5.34. The first kappa shape index (κ1) is 23.8. The van der Waals surface area contributed by atoms with Gasteiger partial charge in [-0.05, 0) is 31.2 Å². The highest BCUT2D eigenvalue weighted by molar-refractivity contribution is 5.92. The van der Waals surface area contributed by atoms with Gasteiger partial charge in [0.25, 0.3) is 0 Å². The lowest BCUT2D eigenvalue weighted by Crippen LogP contribution is -2.55. The van der Waals surface area contributed by atoms with E-state index in [4.69, 9.17) is 4.74 Å². The second kappa shape index (κ2) is 11.7. The van der Waals surface area contributed by atoms with E-state index in [2.05, 4.69) is 20.6 Å². The predicted molar refractivity (Wildman–Crippen MR) is 126 cm³/mol. The molecular formula is C25H33N5O4. The number of likely N-dealkylation sites (tertiary alicyclic amines) is 1. The topological polar surface area (TPSA) is 116 Å². The zero-order chi connectivity index (χ0) is 23.8. The van der Waals surface area contributed by atoms with E-state index in [1.165, 1.54) is 12.7 Å². The van der Waals surface area contributed by atoms with Crippen molar-refractivity contribution in [2.75, 3.05) is 6.54 Å². The molecule has 1 aliphatic carbocycles. The minimum absolute atomic E-state index is 0.0929. The van der Waals surface area contributed by atoms with Crippen LogP contribution < -0.4 is 10.6 Å². The molecule has 2 aromatic rings. The van der Waals surface area contributed by atoms with Gasteiger partial charge in [-0.15, -0.1) is 0 Å². The van der Waals surface area contributed by atoms with Gasteiger partial charge < -0.3 is 25.3 Å². The van der Waals surface area contributed by atoms with E-state index in [9.17, 15) is 14.4 Å². The third kappa shape index (κ3) is 6.36. The van der Waals surface area contributed by atoms with Crippen LogP contribution in [0.3, 0.4) is 0 Å². The zero-order valence-electron chi connectivity index (χ0n) is 19.4. The summed E-state index contributed by atoms with van der Waals surface area (Å²) in [5, 5.41) is 5.86. The van der Waals surface area contributed by atoms with Crippen molar-refractivity contribution in [3.8, 4) is 0 Å². The fraction of sp³-hybridized carbons (Fsp3) is 0.520. The third-order valence-electron chi connectivity index (χ3n) is 6.57. The molecule has 182 valence electrons. The number of nitrogens with zero attached hydrogens (tertiary/aromatic N) is 2. The molecule has 9 nitrogen and oxygen atoms in total. The van der Waals surface area contributed by atoms with Gasteiger partial charge in [0.15, 0.2) is 0 Å². The first-order valence-electron chi connectivity index (χ1n) is 12.2. The summed E-state index contributed by atoms with van der Waals surface area (Å²) in [7, 11) is 0. The highest BCUT2D eigenvalue weighted by Gasteiger charge is 2.38. The second-order valence-electron chi connectivity index (χ2n) is 9.07. The fourth-order valence-corrected chi connectivity index (χ4v) is 4.77. The van der Waals surface area contributed by atoms with Crippen LogP contribution in [0.15, 0.2) is 42.9 Å². The van der Waals surface area contributed by atoms with Gasteiger partial charge in [0, 0.05) is 30.9 Å². The lowest BCUT2D eigenvalue weighted by Gasteiger charge is -2.30. The first-order valence-corrected chi connectivity index (χ1v) is 12.2. The van der Waals surface area contributed by atoms with Gasteiger partial charge in [-0.2, -0.15) is 0 Å². The Morgan fingerprint density at radius 2 is 1.88 bits per heavy atom. The number of ether oxygens (including phenoxy) is 1. The monoisotopic (exact) mass is 467 g/mol. The Morgan fingerprint density at radius 1 is 1.09 bits per heavy atom. The quantitative estimate of drug-likeness (QED) is 0.552. The molecule has 0 radical (unpaired) electrons. The van der Waals surface area contributed by atoms with Gasteiger partial charge in [0.1, 0.15) is 18.7 Å². The number of alkyl carbamates (subject to hydrolysis) is 1. The molecule has 2 aliphatic rings. The predicted octanol–water partition coefficient (Wildman–Crippen LogP) is 2.69. The van der Waals surface area contributed by atoms with Gasteiger partial charge >= 0.3 is 6.09 Å². The SMILES string of the molecule is O=C(N[C@@H](Cc1cnc[nH]1)C(=O)N1CCC[C@H]1C(=O)NC1CCCCC1)OCc1ccccc1. The number of hydrogen-bond donors (Lipinski definition) is 3. The van der Waals surface area contributed by atoms with Crippen molar-refractivity contribution in [2.24, 2.45) is 0 Å². The molecular weight excluding hydrogens is 434 g/mol. The Morgan fingerprint density at radius 3 is 2.62 bits per heavy atom. The molecule has 1 aromatic carbocycles. The van der Waals surface area contributed by atoms with Crippen molar-refractivity contribution >= 4 is 17.9 Å². The van der Waals surface area contributed by atoms with Crippen LogP contribution in [0, 0.1) is 0 Å². The third-order valence-corrected chi connectivity index (χ3v) is 6.57. The fourth-order valence-electron chi connectivity index (χ4n) is 4.77. The van der Waals surface area contributed by atoms with Crippen molar-refractivity contribution < 1.29 is 19.1 Å². The summed E-state index contributed by atoms with van der Waals surface area (Å²) in [5.41, 5.74) is 1.57. The van der Waals surface area contributed by atoms with Crippen LogP contribution in [-0.4, -0.2) is 57.4 Å². The van der Waals surface area contributed by atoms with Crippen molar-refractivity contribution in [1.29, 1.82) is 0 Å². The van der Waals surface area contributed by atoms with E-state index in [-0.39, 0.29) is 30.9 Å². The zero-order valence-corrected chi connectivity index (χ0v) is 19.4. The summed E-state index contributed by atoms with van der Waals surface area (Å²) in [6.45, 7) is 0.593. The van der Waals surface area contributed by atoms with Crippen molar-refractivity contribution in [1.82, 2.24) is 25.5 Å². The number of aromatic nitrogens is 2. The lowest BCUT2D eigenvalue weighted by atomic mass is 9.95. The summed E-state index contributed by atoms with van der Waals surface area (Å²) in [6, 6.07) is 8.15. The number of aromatic amines is 1.